The van der Waals surface area contributed by atoms with E-state index < -0.39 is 11.9 Å². The Labute approximate surface area is 143 Å². The lowest BCUT2D eigenvalue weighted by atomic mass is 10.2. The summed E-state index contributed by atoms with van der Waals surface area (Å²) < 4.78 is 9.41. The number of hydrogen-bond donors (Lipinski definition) is 1. The highest BCUT2D eigenvalue weighted by Gasteiger charge is 2.16. The summed E-state index contributed by atoms with van der Waals surface area (Å²) in [5.74, 6) is -1.67. The number of carbonyl (C=O) groups is 2. The van der Waals surface area contributed by atoms with E-state index in [1.807, 2.05) is 0 Å². The first kappa shape index (κ1) is 19.0. The summed E-state index contributed by atoms with van der Waals surface area (Å²) in [5.41, 5.74) is 0.0429. The van der Waals surface area contributed by atoms with Crippen molar-refractivity contribution in [2.75, 3.05) is 13.7 Å². The number of esters is 2. The Morgan fingerprint density at radius 1 is 1.35 bits per heavy atom. The minimum atomic E-state index is -0.734. The lowest BCUT2D eigenvalue weighted by molar-refractivity contribution is -0.138. The smallest absolute Gasteiger partial charge is 0.343 e. The van der Waals surface area contributed by atoms with Gasteiger partial charge in [0.15, 0.2) is 0 Å². The van der Waals surface area contributed by atoms with Crippen LogP contribution in [0.2, 0.25) is 10.0 Å². The van der Waals surface area contributed by atoms with Gasteiger partial charge in [0.05, 0.1) is 30.0 Å². The Kier molecular flexibility index (Phi) is 7.06. The van der Waals surface area contributed by atoms with Gasteiger partial charge in [-0.3, -0.25) is 4.99 Å². The number of benzene rings is 1. The minimum Gasteiger partial charge on any atom is -0.512 e. The number of aliphatic hydroxyl groups is 1. The Morgan fingerprint density at radius 2 is 2.00 bits per heavy atom. The van der Waals surface area contributed by atoms with Crippen LogP contribution in [-0.4, -0.2) is 37.0 Å². The summed E-state index contributed by atoms with van der Waals surface area (Å²) in [6, 6.07) is 2.75. The molecule has 0 aliphatic rings. The van der Waals surface area contributed by atoms with Gasteiger partial charge in [0.1, 0.15) is 11.3 Å². The molecule has 0 unspecified atom stereocenters. The minimum absolute atomic E-state index is 0.0105. The van der Waals surface area contributed by atoms with E-state index in [4.69, 9.17) is 27.9 Å². The summed E-state index contributed by atoms with van der Waals surface area (Å²) in [6.45, 7) is 3.10. The maximum absolute atomic E-state index is 11.7. The second-order valence-corrected chi connectivity index (χ2v) is 5.07. The van der Waals surface area contributed by atoms with Crippen LogP contribution in [0, 0.1) is 0 Å². The molecule has 23 heavy (non-hydrogen) atoms. The summed E-state index contributed by atoms with van der Waals surface area (Å²) in [6.07, 6.45) is 1.09. The number of methoxy groups -OCH3 is 1. The molecule has 0 heterocycles. The fourth-order valence-electron chi connectivity index (χ4n) is 1.56. The number of aliphatic hydroxyl groups excluding tert-OH is 1. The van der Waals surface area contributed by atoms with Gasteiger partial charge in [-0.1, -0.05) is 23.2 Å². The third kappa shape index (κ3) is 4.97. The van der Waals surface area contributed by atoms with Gasteiger partial charge in [0.25, 0.3) is 0 Å². The van der Waals surface area contributed by atoms with Crippen molar-refractivity contribution in [2.45, 2.75) is 13.8 Å². The van der Waals surface area contributed by atoms with Crippen molar-refractivity contribution in [3.05, 3.63) is 39.1 Å². The summed E-state index contributed by atoms with van der Waals surface area (Å²) in [4.78, 5) is 27.4. The Hall–Kier alpha value is -2.05. The molecule has 1 rings (SSSR count). The quantitative estimate of drug-likeness (QED) is 0.373. The Balaban J connectivity index is 3.27. The molecule has 0 spiro atoms. The molecule has 124 valence electrons. The molecule has 6 nitrogen and oxygen atoms in total. The van der Waals surface area contributed by atoms with Crippen molar-refractivity contribution in [3.63, 3.8) is 0 Å². The number of nitrogens with zero attached hydrogens (tertiary/aromatic N) is 1. The molecule has 1 N–H and O–H groups in total. The summed E-state index contributed by atoms with van der Waals surface area (Å²) in [5, 5.41) is 9.77. The molecule has 0 atom stereocenters. The molecular formula is C15H15Cl2NO5. The van der Waals surface area contributed by atoms with E-state index in [9.17, 15) is 14.7 Å². The predicted molar refractivity (Wildman–Crippen MR) is 87.9 cm³/mol. The SMILES string of the molecule is CCOC(=O)C(C=Nc1cc(Cl)cc(C(=O)OC)c1Cl)=C(C)O. The van der Waals surface area contributed by atoms with Crippen LogP contribution < -0.4 is 0 Å². The summed E-state index contributed by atoms with van der Waals surface area (Å²) in [7, 11) is 1.21. The molecule has 0 radical (unpaired) electrons. The van der Waals surface area contributed by atoms with Crippen molar-refractivity contribution < 1.29 is 24.2 Å². The van der Waals surface area contributed by atoms with Gasteiger partial charge in [-0.15, -0.1) is 0 Å². The number of ether oxygens (including phenoxy) is 2. The lowest BCUT2D eigenvalue weighted by Crippen LogP contribution is -2.10. The van der Waals surface area contributed by atoms with E-state index in [1.54, 1.807) is 6.92 Å². The van der Waals surface area contributed by atoms with Gasteiger partial charge in [-0.25, -0.2) is 9.59 Å². The van der Waals surface area contributed by atoms with E-state index in [0.29, 0.717) is 0 Å². The number of halogens is 2. The van der Waals surface area contributed by atoms with E-state index in [2.05, 4.69) is 9.73 Å². The van der Waals surface area contributed by atoms with Gasteiger partial charge in [0.2, 0.25) is 0 Å². The van der Waals surface area contributed by atoms with Crippen molar-refractivity contribution in [2.24, 2.45) is 4.99 Å². The van der Waals surface area contributed by atoms with E-state index >= 15 is 0 Å². The fourth-order valence-corrected chi connectivity index (χ4v) is 2.01. The molecule has 8 heteroatoms. The number of carbonyl (C=O) groups excluding carboxylic acids is 2. The lowest BCUT2D eigenvalue weighted by Gasteiger charge is -2.07. The van der Waals surface area contributed by atoms with Crippen molar-refractivity contribution >= 4 is 47.0 Å². The molecular weight excluding hydrogens is 345 g/mol. The van der Waals surface area contributed by atoms with Crippen molar-refractivity contribution in [1.82, 2.24) is 0 Å². The molecule has 0 saturated heterocycles. The first-order chi connectivity index (χ1) is 10.8. The Bertz CT molecular complexity index is 679. The van der Waals surface area contributed by atoms with Crippen LogP contribution in [0.3, 0.4) is 0 Å². The second kappa shape index (κ2) is 8.55. The van der Waals surface area contributed by atoms with Gasteiger partial charge >= 0.3 is 11.9 Å². The highest BCUT2D eigenvalue weighted by atomic mass is 35.5. The van der Waals surface area contributed by atoms with Crippen LogP contribution in [0.4, 0.5) is 5.69 Å². The zero-order chi connectivity index (χ0) is 17.6. The zero-order valence-electron chi connectivity index (χ0n) is 12.7. The maximum atomic E-state index is 11.7. The average Bonchev–Trinajstić information content (AvgIpc) is 2.49. The normalized spacial score (nSPS) is 12.0. The average molecular weight is 360 g/mol. The Morgan fingerprint density at radius 3 is 2.52 bits per heavy atom. The van der Waals surface area contributed by atoms with Crippen LogP contribution in [0.5, 0.6) is 0 Å². The number of aliphatic imine (C=N–C) groups is 1. The molecule has 0 amide bonds. The number of hydrogen-bond acceptors (Lipinski definition) is 6. The molecule has 1 aromatic rings. The van der Waals surface area contributed by atoms with E-state index in [0.717, 1.165) is 6.21 Å². The topological polar surface area (TPSA) is 85.2 Å². The van der Waals surface area contributed by atoms with Crippen molar-refractivity contribution in [3.8, 4) is 0 Å². The molecule has 0 aliphatic heterocycles. The van der Waals surface area contributed by atoms with E-state index in [-0.39, 0.29) is 39.2 Å². The molecule has 0 aromatic heterocycles. The third-order valence-electron chi connectivity index (χ3n) is 2.64. The fraction of sp³-hybridized carbons (Fsp3) is 0.267. The highest BCUT2D eigenvalue weighted by molar-refractivity contribution is 6.38. The predicted octanol–water partition coefficient (Wildman–Crippen LogP) is 3.88. The maximum Gasteiger partial charge on any atom is 0.343 e. The highest BCUT2D eigenvalue weighted by Crippen LogP contribution is 2.32. The van der Waals surface area contributed by atoms with Gasteiger partial charge in [0, 0.05) is 11.2 Å². The zero-order valence-corrected chi connectivity index (χ0v) is 14.2. The molecule has 0 fully saturated rings. The third-order valence-corrected chi connectivity index (χ3v) is 3.26. The van der Waals surface area contributed by atoms with Crippen molar-refractivity contribution in [1.29, 1.82) is 0 Å². The van der Waals surface area contributed by atoms with Crippen LogP contribution in [0.25, 0.3) is 0 Å². The largest absolute Gasteiger partial charge is 0.512 e. The van der Waals surface area contributed by atoms with Gasteiger partial charge in [-0.05, 0) is 26.0 Å². The first-order valence-corrected chi connectivity index (χ1v) is 7.25. The van der Waals surface area contributed by atoms with E-state index in [1.165, 1.54) is 26.2 Å². The molecule has 0 saturated carbocycles. The number of rotatable bonds is 5. The van der Waals surface area contributed by atoms with Crippen LogP contribution in [0.1, 0.15) is 24.2 Å². The van der Waals surface area contributed by atoms with Crippen LogP contribution >= 0.6 is 23.2 Å². The van der Waals surface area contributed by atoms with Crippen LogP contribution in [0.15, 0.2) is 28.5 Å². The molecule has 0 aliphatic carbocycles. The van der Waals surface area contributed by atoms with Gasteiger partial charge < -0.3 is 14.6 Å². The van der Waals surface area contributed by atoms with Crippen LogP contribution in [-0.2, 0) is 14.3 Å². The standard InChI is InChI=1S/C15H15Cl2NO5/c1-4-23-15(21)11(8(2)19)7-18-12-6-9(16)5-10(13(12)17)14(20)22-3/h5-7,19H,4H2,1-3H3. The monoisotopic (exact) mass is 359 g/mol. The van der Waals surface area contributed by atoms with Gasteiger partial charge in [-0.2, -0.15) is 0 Å². The molecule has 0 bridgehead atoms. The first-order valence-electron chi connectivity index (χ1n) is 6.50. The summed E-state index contributed by atoms with van der Waals surface area (Å²) >= 11 is 12.0. The second-order valence-electron chi connectivity index (χ2n) is 4.26. The number of allylic oxidation sites excluding steroid dienone is 1. The molecule has 1 aromatic carbocycles.